The van der Waals surface area contributed by atoms with Crippen LogP contribution in [0.4, 0.5) is 0 Å². The van der Waals surface area contributed by atoms with Crippen LogP contribution in [-0.2, 0) is 4.79 Å². The topological polar surface area (TPSA) is 52.3 Å². The van der Waals surface area contributed by atoms with Crippen molar-refractivity contribution in [1.29, 1.82) is 0 Å². The van der Waals surface area contributed by atoms with Crippen LogP contribution in [0.25, 0.3) is 0 Å². The van der Waals surface area contributed by atoms with Crippen LogP contribution in [0.5, 0.6) is 5.75 Å². The molecule has 0 bridgehead atoms. The fraction of sp³-hybridized carbons (Fsp3) is 0.500. The fourth-order valence-electron chi connectivity index (χ4n) is 2.46. The number of primary amides is 1. The summed E-state index contributed by atoms with van der Waals surface area (Å²) in [6, 6.07) is 5.40. The lowest BCUT2D eigenvalue weighted by Crippen LogP contribution is -2.50. The van der Waals surface area contributed by atoms with Crippen LogP contribution >= 0.6 is 11.6 Å². The maximum atomic E-state index is 11.7. The molecular weight excluding hydrogens is 250 g/mol. The summed E-state index contributed by atoms with van der Waals surface area (Å²) < 4.78 is 5.96. The Hall–Kier alpha value is -1.22. The van der Waals surface area contributed by atoms with Gasteiger partial charge in [0.25, 0.3) is 5.91 Å². The molecular formula is C14H18ClNO2. The Morgan fingerprint density at radius 3 is 2.56 bits per heavy atom. The lowest BCUT2D eigenvalue weighted by molar-refractivity contribution is -0.136. The van der Waals surface area contributed by atoms with Crippen molar-refractivity contribution in [3.8, 4) is 5.75 Å². The molecule has 0 unspecified atom stereocenters. The number of nitrogens with two attached hydrogens (primary N) is 1. The predicted octanol–water partition coefficient (Wildman–Crippen LogP) is 3.22. The minimum absolute atomic E-state index is 0.364. The minimum Gasteiger partial charge on any atom is -0.477 e. The molecule has 98 valence electrons. The van der Waals surface area contributed by atoms with Gasteiger partial charge >= 0.3 is 0 Å². The number of carbonyl (C=O) groups excluding carboxylic acids is 1. The van der Waals surface area contributed by atoms with E-state index in [4.69, 9.17) is 22.1 Å². The maximum Gasteiger partial charge on any atom is 0.261 e. The van der Waals surface area contributed by atoms with Gasteiger partial charge in [-0.1, -0.05) is 18.0 Å². The van der Waals surface area contributed by atoms with Gasteiger partial charge in [0.15, 0.2) is 5.60 Å². The third-order valence-electron chi connectivity index (χ3n) is 3.55. The van der Waals surface area contributed by atoms with Gasteiger partial charge < -0.3 is 10.5 Å². The summed E-state index contributed by atoms with van der Waals surface area (Å²) >= 11 is 5.91. The summed E-state index contributed by atoms with van der Waals surface area (Å²) in [5.74, 6) is 0.330. The first kappa shape index (κ1) is 13.2. The van der Waals surface area contributed by atoms with E-state index in [1.165, 1.54) is 0 Å². The number of rotatable bonds is 3. The molecule has 1 aliphatic carbocycles. The summed E-state index contributed by atoms with van der Waals surface area (Å²) in [5, 5.41) is 0.664. The van der Waals surface area contributed by atoms with E-state index in [1.54, 1.807) is 12.1 Å². The molecule has 0 aromatic heterocycles. The predicted molar refractivity (Wildman–Crippen MR) is 71.8 cm³/mol. The van der Waals surface area contributed by atoms with Gasteiger partial charge in [-0.15, -0.1) is 0 Å². The monoisotopic (exact) mass is 267 g/mol. The Balaban J connectivity index is 2.26. The molecule has 0 aliphatic heterocycles. The molecule has 1 aromatic rings. The minimum atomic E-state index is -0.836. The highest BCUT2D eigenvalue weighted by Gasteiger charge is 2.40. The molecule has 0 radical (unpaired) electrons. The van der Waals surface area contributed by atoms with Crippen molar-refractivity contribution in [2.24, 2.45) is 5.73 Å². The van der Waals surface area contributed by atoms with E-state index in [2.05, 4.69) is 0 Å². The van der Waals surface area contributed by atoms with Crippen LogP contribution in [-0.4, -0.2) is 11.5 Å². The van der Waals surface area contributed by atoms with E-state index in [-0.39, 0.29) is 5.91 Å². The van der Waals surface area contributed by atoms with Crippen molar-refractivity contribution in [3.63, 3.8) is 0 Å². The van der Waals surface area contributed by atoms with Gasteiger partial charge in [-0.05, 0) is 56.4 Å². The highest BCUT2D eigenvalue weighted by Crippen LogP contribution is 2.34. The molecule has 1 aromatic carbocycles. The number of hydrogen-bond donors (Lipinski definition) is 1. The van der Waals surface area contributed by atoms with E-state index in [9.17, 15) is 4.79 Å². The standard InChI is InChI=1S/C14H18ClNO2/c1-10-9-11(15)5-6-12(10)18-14(13(16)17)7-3-2-4-8-14/h5-6,9H,2-4,7-8H2,1H3,(H2,16,17). The van der Waals surface area contributed by atoms with E-state index in [0.29, 0.717) is 23.6 Å². The number of carbonyl (C=O) groups is 1. The van der Waals surface area contributed by atoms with E-state index >= 15 is 0 Å². The smallest absolute Gasteiger partial charge is 0.261 e. The summed E-state index contributed by atoms with van der Waals surface area (Å²) in [6.07, 6.45) is 4.50. The van der Waals surface area contributed by atoms with Crippen molar-refractivity contribution in [2.75, 3.05) is 0 Å². The highest BCUT2D eigenvalue weighted by molar-refractivity contribution is 6.30. The van der Waals surface area contributed by atoms with Crippen LogP contribution in [0.2, 0.25) is 5.02 Å². The SMILES string of the molecule is Cc1cc(Cl)ccc1OC1(C(N)=O)CCCCC1. The number of amides is 1. The van der Waals surface area contributed by atoms with Gasteiger partial charge in [-0.25, -0.2) is 0 Å². The Bertz CT molecular complexity index is 453. The molecule has 3 nitrogen and oxygen atoms in total. The maximum absolute atomic E-state index is 11.7. The highest BCUT2D eigenvalue weighted by atomic mass is 35.5. The molecule has 0 atom stereocenters. The van der Waals surface area contributed by atoms with Gasteiger partial charge in [0.05, 0.1) is 0 Å². The number of aryl methyl sites for hydroxylation is 1. The van der Waals surface area contributed by atoms with Gasteiger partial charge in [0, 0.05) is 5.02 Å². The lowest BCUT2D eigenvalue weighted by Gasteiger charge is -2.35. The molecule has 1 fully saturated rings. The lowest BCUT2D eigenvalue weighted by atomic mass is 9.84. The molecule has 18 heavy (non-hydrogen) atoms. The van der Waals surface area contributed by atoms with Crippen molar-refractivity contribution in [3.05, 3.63) is 28.8 Å². The Morgan fingerprint density at radius 1 is 1.33 bits per heavy atom. The largest absolute Gasteiger partial charge is 0.477 e. The second-order valence-electron chi connectivity index (χ2n) is 4.93. The molecule has 0 heterocycles. The second-order valence-corrected chi connectivity index (χ2v) is 5.37. The Labute approximate surface area is 112 Å². The zero-order valence-corrected chi connectivity index (χ0v) is 11.3. The first-order chi connectivity index (χ1) is 8.53. The van der Waals surface area contributed by atoms with Gasteiger partial charge in [-0.3, -0.25) is 4.79 Å². The quantitative estimate of drug-likeness (QED) is 0.914. The Kier molecular flexibility index (Phi) is 3.81. The molecule has 4 heteroatoms. The van der Waals surface area contributed by atoms with Crippen molar-refractivity contribution >= 4 is 17.5 Å². The zero-order chi connectivity index (χ0) is 13.2. The average molecular weight is 268 g/mol. The normalized spacial score (nSPS) is 18.3. The number of ether oxygens (including phenoxy) is 1. The molecule has 1 saturated carbocycles. The number of hydrogen-bond acceptors (Lipinski definition) is 2. The van der Waals surface area contributed by atoms with Crippen LogP contribution < -0.4 is 10.5 Å². The third kappa shape index (κ3) is 2.61. The third-order valence-corrected chi connectivity index (χ3v) is 3.79. The second kappa shape index (κ2) is 5.19. The first-order valence-electron chi connectivity index (χ1n) is 6.29. The van der Waals surface area contributed by atoms with Crippen molar-refractivity contribution in [1.82, 2.24) is 0 Å². The van der Waals surface area contributed by atoms with Crippen LogP contribution in [0.15, 0.2) is 18.2 Å². The fourth-order valence-corrected chi connectivity index (χ4v) is 2.69. The first-order valence-corrected chi connectivity index (χ1v) is 6.66. The van der Waals surface area contributed by atoms with Gasteiger partial charge in [0.1, 0.15) is 5.75 Å². The van der Waals surface area contributed by atoms with Crippen LogP contribution in [0, 0.1) is 6.92 Å². The van der Waals surface area contributed by atoms with Crippen molar-refractivity contribution in [2.45, 2.75) is 44.6 Å². The molecule has 1 amide bonds. The summed E-state index contributed by atoms with van der Waals surface area (Å²) in [4.78, 5) is 11.7. The molecule has 1 aliphatic rings. The van der Waals surface area contributed by atoms with E-state index in [0.717, 1.165) is 24.8 Å². The molecule has 2 N–H and O–H groups in total. The molecule has 2 rings (SSSR count). The summed E-state index contributed by atoms with van der Waals surface area (Å²) in [7, 11) is 0. The number of benzene rings is 1. The van der Waals surface area contributed by atoms with E-state index < -0.39 is 5.60 Å². The van der Waals surface area contributed by atoms with Crippen LogP contribution in [0.1, 0.15) is 37.7 Å². The average Bonchev–Trinajstić information content (AvgIpc) is 2.34. The molecule has 0 spiro atoms. The summed E-state index contributed by atoms with van der Waals surface area (Å²) in [5.41, 5.74) is 5.63. The summed E-state index contributed by atoms with van der Waals surface area (Å²) in [6.45, 7) is 1.92. The Morgan fingerprint density at radius 2 is 2.00 bits per heavy atom. The molecule has 0 saturated heterocycles. The van der Waals surface area contributed by atoms with Crippen molar-refractivity contribution < 1.29 is 9.53 Å². The number of halogens is 1. The van der Waals surface area contributed by atoms with Crippen LogP contribution in [0.3, 0.4) is 0 Å². The van der Waals surface area contributed by atoms with Gasteiger partial charge in [-0.2, -0.15) is 0 Å². The van der Waals surface area contributed by atoms with Gasteiger partial charge in [0.2, 0.25) is 0 Å². The van der Waals surface area contributed by atoms with E-state index in [1.807, 2.05) is 13.0 Å². The zero-order valence-electron chi connectivity index (χ0n) is 10.5.